The number of aromatic nitrogens is 5. The van der Waals surface area contributed by atoms with Crippen LogP contribution < -0.4 is 10.1 Å². The van der Waals surface area contributed by atoms with Gasteiger partial charge in [-0.3, -0.25) is 9.48 Å². The van der Waals surface area contributed by atoms with E-state index in [1.54, 1.807) is 29.3 Å². The maximum atomic E-state index is 13.4. The van der Waals surface area contributed by atoms with E-state index in [1.807, 2.05) is 0 Å². The van der Waals surface area contributed by atoms with E-state index < -0.39 is 22.4 Å². The van der Waals surface area contributed by atoms with Gasteiger partial charge in [0.1, 0.15) is 17.0 Å². The molecule has 0 atom stereocenters. The number of alkyl halides is 2. The number of fused-ring (bicyclic) bond motifs is 1. The quantitative estimate of drug-likeness (QED) is 0.269. The Labute approximate surface area is 263 Å². The van der Waals surface area contributed by atoms with E-state index in [1.165, 1.54) is 28.9 Å². The van der Waals surface area contributed by atoms with Crippen molar-refractivity contribution in [3.8, 4) is 17.0 Å². The first-order valence-electron chi connectivity index (χ1n) is 14.7. The minimum atomic E-state index is -3.07. The summed E-state index contributed by atoms with van der Waals surface area (Å²) in [4.78, 5) is 22.3. The van der Waals surface area contributed by atoms with Crippen molar-refractivity contribution in [2.75, 3.05) is 56.1 Å². The molecular weight excluding hydrogens is 630 g/mol. The van der Waals surface area contributed by atoms with Crippen LogP contribution in [0.5, 0.6) is 5.75 Å². The molecule has 240 valence electrons. The van der Waals surface area contributed by atoms with Crippen LogP contribution in [0.3, 0.4) is 0 Å². The molecule has 2 aliphatic rings. The summed E-state index contributed by atoms with van der Waals surface area (Å²) in [7, 11) is -2.89. The number of ether oxygens (including phenoxy) is 1. The van der Waals surface area contributed by atoms with Crippen molar-refractivity contribution in [1.82, 2.24) is 34.2 Å². The third-order valence-corrected chi connectivity index (χ3v) is 10.1. The zero-order chi connectivity index (χ0) is 31.6. The van der Waals surface area contributed by atoms with Gasteiger partial charge in [-0.1, -0.05) is 11.6 Å². The van der Waals surface area contributed by atoms with Crippen LogP contribution in [0.4, 0.5) is 14.5 Å². The molecule has 3 aromatic heterocycles. The first kappa shape index (κ1) is 31.3. The summed E-state index contributed by atoms with van der Waals surface area (Å²) in [5.74, 6) is -0.139. The molecular formula is C29H33ClF2N8O4S. The second-order valence-corrected chi connectivity index (χ2v) is 14.0. The molecule has 1 amide bonds. The molecule has 0 saturated carbocycles. The van der Waals surface area contributed by atoms with E-state index in [0.29, 0.717) is 29.4 Å². The first-order chi connectivity index (χ1) is 21.6. The molecule has 5 heterocycles. The highest BCUT2D eigenvalue weighted by Gasteiger charge is 2.27. The van der Waals surface area contributed by atoms with Gasteiger partial charge in [0.15, 0.2) is 15.5 Å². The number of amides is 1. The fourth-order valence-corrected chi connectivity index (χ4v) is 7.28. The van der Waals surface area contributed by atoms with Crippen molar-refractivity contribution in [3.05, 3.63) is 59.6 Å². The molecule has 6 rings (SSSR count). The van der Waals surface area contributed by atoms with Crippen molar-refractivity contribution in [2.45, 2.75) is 31.9 Å². The van der Waals surface area contributed by atoms with Crippen molar-refractivity contribution < 1.29 is 26.7 Å². The minimum Gasteiger partial charge on any atom is -0.434 e. The zero-order valence-corrected chi connectivity index (χ0v) is 25.9. The Morgan fingerprint density at radius 2 is 1.84 bits per heavy atom. The zero-order valence-electron chi connectivity index (χ0n) is 24.4. The number of benzene rings is 1. The summed E-state index contributed by atoms with van der Waals surface area (Å²) >= 11 is 6.26. The fourth-order valence-electron chi connectivity index (χ4n) is 5.83. The average molecular weight is 663 g/mol. The Morgan fingerprint density at radius 1 is 1.11 bits per heavy atom. The lowest BCUT2D eigenvalue weighted by molar-refractivity contribution is -0.0494. The number of carbonyl (C=O) groups excluding carboxylic acids is 1. The third kappa shape index (κ3) is 7.43. The average Bonchev–Trinajstić information content (AvgIpc) is 3.64. The van der Waals surface area contributed by atoms with Crippen LogP contribution in [0.15, 0.2) is 49.1 Å². The maximum absolute atomic E-state index is 13.4. The largest absolute Gasteiger partial charge is 0.434 e. The third-order valence-electron chi connectivity index (χ3n) is 8.23. The van der Waals surface area contributed by atoms with Gasteiger partial charge in [-0.25, -0.2) is 17.9 Å². The lowest BCUT2D eigenvalue weighted by Gasteiger charge is -2.33. The van der Waals surface area contributed by atoms with Gasteiger partial charge in [-0.2, -0.15) is 19.0 Å². The Kier molecular flexibility index (Phi) is 9.31. The number of hydrogen-bond acceptors (Lipinski definition) is 9. The molecule has 16 heteroatoms. The molecule has 2 saturated heterocycles. The van der Waals surface area contributed by atoms with Gasteiger partial charge in [-0.15, -0.1) is 0 Å². The standard InChI is InChI=1S/C29H33ClF2N8O4S/c30-20-3-4-25(44-29(31)32)22(17-20)26-24(35-28(41)23-18-34-39-10-1-7-33-27(23)39)19-40(36-26)21-5-11-37(12-6-21)8-2-9-38-13-15-45(42,43)16-14-38/h1,3-4,7,10,17-19,21,29H,2,5-6,8-9,11-16H2,(H,35,41). The van der Waals surface area contributed by atoms with Gasteiger partial charge in [-0.05, 0) is 56.6 Å². The van der Waals surface area contributed by atoms with Crippen molar-refractivity contribution in [3.63, 3.8) is 0 Å². The van der Waals surface area contributed by atoms with E-state index >= 15 is 0 Å². The molecule has 0 aliphatic carbocycles. The number of nitrogens with zero attached hydrogens (tertiary/aromatic N) is 7. The number of likely N-dealkylation sites (tertiary alicyclic amines) is 1. The van der Waals surface area contributed by atoms with Gasteiger partial charge in [0.05, 0.1) is 29.4 Å². The predicted octanol–water partition coefficient (Wildman–Crippen LogP) is 3.86. The number of hydrogen-bond donors (Lipinski definition) is 1. The van der Waals surface area contributed by atoms with Crippen LogP contribution in [0, 0.1) is 0 Å². The molecule has 0 radical (unpaired) electrons. The maximum Gasteiger partial charge on any atom is 0.387 e. The van der Waals surface area contributed by atoms with Crippen LogP contribution in [-0.2, 0) is 9.84 Å². The molecule has 2 aliphatic heterocycles. The van der Waals surface area contributed by atoms with Crippen molar-refractivity contribution in [2.24, 2.45) is 0 Å². The lowest BCUT2D eigenvalue weighted by Crippen LogP contribution is -2.42. The lowest BCUT2D eigenvalue weighted by atomic mass is 10.1. The number of carbonyl (C=O) groups is 1. The van der Waals surface area contributed by atoms with Crippen LogP contribution in [0.25, 0.3) is 16.9 Å². The number of piperidine rings is 1. The van der Waals surface area contributed by atoms with Crippen molar-refractivity contribution >= 4 is 38.7 Å². The molecule has 1 aromatic carbocycles. The summed E-state index contributed by atoms with van der Waals surface area (Å²) in [5, 5.41) is 12.1. The summed E-state index contributed by atoms with van der Waals surface area (Å²) in [6, 6.07) is 5.99. The monoisotopic (exact) mass is 662 g/mol. The predicted molar refractivity (Wildman–Crippen MR) is 165 cm³/mol. The van der Waals surface area contributed by atoms with Crippen molar-refractivity contribution in [1.29, 1.82) is 0 Å². The number of rotatable bonds is 10. The highest BCUT2D eigenvalue weighted by Crippen LogP contribution is 2.38. The fraction of sp³-hybridized carbons (Fsp3) is 0.448. The van der Waals surface area contributed by atoms with Crippen LogP contribution in [0.2, 0.25) is 5.02 Å². The summed E-state index contributed by atoms with van der Waals surface area (Å²) in [6.07, 6.45) is 8.90. The SMILES string of the molecule is O=C(Nc1cn(C2CCN(CCCN3CCS(=O)(=O)CC3)CC2)nc1-c1cc(Cl)ccc1OC(F)F)c1cnn2cccnc12. The van der Waals surface area contributed by atoms with E-state index in [0.717, 1.165) is 45.4 Å². The normalized spacial score (nSPS) is 18.0. The highest BCUT2D eigenvalue weighted by molar-refractivity contribution is 7.91. The Balaban J connectivity index is 1.18. The number of halogens is 3. The molecule has 45 heavy (non-hydrogen) atoms. The van der Waals surface area contributed by atoms with E-state index in [-0.39, 0.29) is 40.1 Å². The van der Waals surface area contributed by atoms with Gasteiger partial charge >= 0.3 is 6.61 Å². The molecule has 1 N–H and O–H groups in total. The van der Waals surface area contributed by atoms with Gasteiger partial charge in [0.2, 0.25) is 0 Å². The molecule has 0 bridgehead atoms. The smallest absolute Gasteiger partial charge is 0.387 e. The Morgan fingerprint density at radius 3 is 2.58 bits per heavy atom. The summed E-state index contributed by atoms with van der Waals surface area (Å²) in [6.45, 7) is 1.56. The summed E-state index contributed by atoms with van der Waals surface area (Å²) < 4.78 is 58.1. The second kappa shape index (κ2) is 13.4. The van der Waals surface area contributed by atoms with Gasteiger partial charge < -0.3 is 19.9 Å². The van der Waals surface area contributed by atoms with E-state index in [4.69, 9.17) is 21.4 Å². The van der Waals surface area contributed by atoms with Gasteiger partial charge in [0, 0.05) is 55.4 Å². The van der Waals surface area contributed by atoms with E-state index in [9.17, 15) is 22.0 Å². The van der Waals surface area contributed by atoms with Crippen LogP contribution in [-0.4, -0.2) is 106 Å². The topological polar surface area (TPSA) is 127 Å². The molecule has 2 fully saturated rings. The summed E-state index contributed by atoms with van der Waals surface area (Å²) in [5.41, 5.74) is 1.38. The van der Waals surface area contributed by atoms with E-state index in [2.05, 4.69) is 25.2 Å². The minimum absolute atomic E-state index is 0.00949. The number of sulfone groups is 1. The number of anilines is 1. The molecule has 4 aromatic rings. The first-order valence-corrected chi connectivity index (χ1v) is 16.9. The van der Waals surface area contributed by atoms with Crippen LogP contribution >= 0.6 is 11.6 Å². The molecule has 0 spiro atoms. The van der Waals surface area contributed by atoms with Gasteiger partial charge in [0.25, 0.3) is 5.91 Å². The number of nitrogens with one attached hydrogen (secondary N) is 1. The Hall–Kier alpha value is -3.66. The Bertz CT molecular complexity index is 1760. The van der Waals surface area contributed by atoms with Crippen LogP contribution in [0.1, 0.15) is 35.7 Å². The second-order valence-electron chi connectivity index (χ2n) is 11.2. The highest BCUT2D eigenvalue weighted by atomic mass is 35.5. The molecule has 0 unspecified atom stereocenters. The molecule has 12 nitrogen and oxygen atoms in total.